The van der Waals surface area contributed by atoms with E-state index in [0.29, 0.717) is 12.1 Å². The van der Waals surface area contributed by atoms with Crippen LogP contribution in [0.15, 0.2) is 18.2 Å². The molecule has 2 heteroatoms. The third-order valence-electron chi connectivity index (χ3n) is 4.61. The quantitative estimate of drug-likeness (QED) is 0.889. The fourth-order valence-corrected chi connectivity index (χ4v) is 3.01. The van der Waals surface area contributed by atoms with Crippen LogP contribution in [0.4, 0.5) is 0 Å². The van der Waals surface area contributed by atoms with Gasteiger partial charge in [0.25, 0.3) is 0 Å². The van der Waals surface area contributed by atoms with Gasteiger partial charge in [-0.15, -0.1) is 0 Å². The smallest absolute Gasteiger partial charge is 0.120 e. The maximum absolute atomic E-state index is 6.26. The lowest BCUT2D eigenvalue weighted by Crippen LogP contribution is -2.45. The predicted molar refractivity (Wildman–Crippen MR) is 80.8 cm³/mol. The fourth-order valence-electron chi connectivity index (χ4n) is 3.01. The van der Waals surface area contributed by atoms with Crippen molar-refractivity contribution in [3.05, 3.63) is 29.3 Å². The lowest BCUT2D eigenvalue weighted by atomic mass is 9.82. The molecule has 2 nitrogen and oxygen atoms in total. The molecule has 0 saturated heterocycles. The summed E-state index contributed by atoms with van der Waals surface area (Å²) >= 11 is 0. The number of rotatable bonds is 4. The average Bonchev–Trinajstić information content (AvgIpc) is 2.43. The average molecular weight is 261 g/mol. The second-order valence-corrected chi connectivity index (χ2v) is 5.88. The summed E-state index contributed by atoms with van der Waals surface area (Å²) in [5, 5.41) is 3.42. The number of ether oxygens (including phenoxy) is 1. The molecule has 1 saturated carbocycles. The monoisotopic (exact) mass is 261 g/mol. The maximum Gasteiger partial charge on any atom is 0.120 e. The van der Waals surface area contributed by atoms with Crippen LogP contribution in [0.2, 0.25) is 0 Å². The van der Waals surface area contributed by atoms with Crippen LogP contribution < -0.4 is 10.1 Å². The van der Waals surface area contributed by atoms with Gasteiger partial charge in [0.2, 0.25) is 0 Å². The van der Waals surface area contributed by atoms with Crippen molar-refractivity contribution < 1.29 is 4.74 Å². The minimum absolute atomic E-state index is 0.311. The molecule has 1 aliphatic carbocycles. The molecule has 106 valence electrons. The number of benzene rings is 1. The van der Waals surface area contributed by atoms with E-state index in [0.717, 1.165) is 11.7 Å². The zero-order valence-electron chi connectivity index (χ0n) is 12.7. The zero-order valence-corrected chi connectivity index (χ0v) is 12.7. The van der Waals surface area contributed by atoms with Crippen LogP contribution in [0.5, 0.6) is 5.75 Å². The molecule has 0 radical (unpaired) electrons. The first-order valence-corrected chi connectivity index (χ1v) is 7.55. The normalized spacial score (nSPS) is 27.3. The minimum Gasteiger partial charge on any atom is -0.489 e. The molecule has 0 bridgehead atoms. The Morgan fingerprint density at radius 2 is 2.00 bits per heavy atom. The fraction of sp³-hybridized carbons (Fsp3) is 0.647. The van der Waals surface area contributed by atoms with Gasteiger partial charge in [-0.25, -0.2) is 0 Å². The van der Waals surface area contributed by atoms with E-state index < -0.39 is 0 Å². The zero-order chi connectivity index (χ0) is 13.8. The highest BCUT2D eigenvalue weighted by Crippen LogP contribution is 2.30. The lowest BCUT2D eigenvalue weighted by Gasteiger charge is -2.36. The highest BCUT2D eigenvalue weighted by Gasteiger charge is 2.30. The molecule has 3 atom stereocenters. The Labute approximate surface area is 117 Å². The third kappa shape index (κ3) is 3.50. The van der Waals surface area contributed by atoms with Crippen molar-refractivity contribution in [2.75, 3.05) is 7.05 Å². The summed E-state index contributed by atoms with van der Waals surface area (Å²) in [6.07, 6.45) is 5.31. The second-order valence-electron chi connectivity index (χ2n) is 5.88. The van der Waals surface area contributed by atoms with Gasteiger partial charge in [-0.3, -0.25) is 0 Å². The van der Waals surface area contributed by atoms with Crippen molar-refractivity contribution in [1.82, 2.24) is 5.32 Å². The first-order valence-electron chi connectivity index (χ1n) is 7.55. The van der Waals surface area contributed by atoms with E-state index in [1.54, 1.807) is 0 Å². The summed E-state index contributed by atoms with van der Waals surface area (Å²) in [5.41, 5.74) is 2.63. The van der Waals surface area contributed by atoms with Crippen molar-refractivity contribution in [3.63, 3.8) is 0 Å². The van der Waals surface area contributed by atoms with E-state index in [2.05, 4.69) is 44.3 Å². The highest BCUT2D eigenvalue weighted by atomic mass is 16.5. The van der Waals surface area contributed by atoms with Crippen LogP contribution in [0.1, 0.15) is 43.7 Å². The Morgan fingerprint density at radius 3 is 2.63 bits per heavy atom. The SMILES string of the molecule is CCC1CCC(NC)C(Oc2ccc(C)c(C)c2)C1. The topological polar surface area (TPSA) is 21.3 Å². The summed E-state index contributed by atoms with van der Waals surface area (Å²) in [6.45, 7) is 6.58. The van der Waals surface area contributed by atoms with Crippen LogP contribution in [0.25, 0.3) is 0 Å². The Morgan fingerprint density at radius 1 is 1.21 bits per heavy atom. The van der Waals surface area contributed by atoms with Gasteiger partial charge in [0, 0.05) is 6.04 Å². The van der Waals surface area contributed by atoms with Crippen molar-refractivity contribution in [1.29, 1.82) is 0 Å². The molecule has 1 fully saturated rings. The van der Waals surface area contributed by atoms with Crippen molar-refractivity contribution in [3.8, 4) is 5.75 Å². The van der Waals surface area contributed by atoms with Crippen molar-refractivity contribution in [2.24, 2.45) is 5.92 Å². The molecular weight excluding hydrogens is 234 g/mol. The molecule has 1 aromatic rings. The van der Waals surface area contributed by atoms with Gasteiger partial charge in [0.05, 0.1) is 0 Å². The van der Waals surface area contributed by atoms with E-state index in [-0.39, 0.29) is 0 Å². The molecule has 0 aromatic heterocycles. The van der Waals surface area contributed by atoms with Crippen LogP contribution in [-0.4, -0.2) is 19.2 Å². The first-order chi connectivity index (χ1) is 9.13. The number of hydrogen-bond acceptors (Lipinski definition) is 2. The molecule has 1 aromatic carbocycles. The highest BCUT2D eigenvalue weighted by molar-refractivity contribution is 5.34. The summed E-state index contributed by atoms with van der Waals surface area (Å²) in [5.74, 6) is 1.84. The van der Waals surface area contributed by atoms with Crippen molar-refractivity contribution >= 4 is 0 Å². The summed E-state index contributed by atoms with van der Waals surface area (Å²) in [6, 6.07) is 6.91. The molecule has 0 heterocycles. The van der Waals surface area contributed by atoms with Gasteiger partial charge in [-0.2, -0.15) is 0 Å². The number of aryl methyl sites for hydroxylation is 2. The maximum atomic E-state index is 6.26. The minimum atomic E-state index is 0.311. The number of hydrogen-bond donors (Lipinski definition) is 1. The predicted octanol–water partition coefficient (Wildman–Crippen LogP) is 3.85. The van der Waals surface area contributed by atoms with Crippen LogP contribution in [0, 0.1) is 19.8 Å². The second kappa shape index (κ2) is 6.42. The lowest BCUT2D eigenvalue weighted by molar-refractivity contribution is 0.0882. The molecule has 0 aliphatic heterocycles. The van der Waals surface area contributed by atoms with E-state index in [1.807, 2.05) is 7.05 Å². The molecule has 1 N–H and O–H groups in total. The molecule has 0 spiro atoms. The summed E-state index contributed by atoms with van der Waals surface area (Å²) in [7, 11) is 2.05. The standard InChI is InChI=1S/C17H27NO/c1-5-14-7-9-16(18-4)17(11-14)19-15-8-6-12(2)13(3)10-15/h6,8,10,14,16-18H,5,7,9,11H2,1-4H3. The first kappa shape index (κ1) is 14.4. The molecule has 0 amide bonds. The number of nitrogens with one attached hydrogen (secondary N) is 1. The largest absolute Gasteiger partial charge is 0.489 e. The van der Waals surface area contributed by atoms with E-state index in [4.69, 9.17) is 4.74 Å². The Kier molecular flexibility index (Phi) is 4.87. The Bertz CT molecular complexity index is 416. The van der Waals surface area contributed by atoms with Gasteiger partial charge in [0.15, 0.2) is 0 Å². The Hall–Kier alpha value is -1.02. The van der Waals surface area contributed by atoms with Crippen LogP contribution in [-0.2, 0) is 0 Å². The van der Waals surface area contributed by atoms with E-state index >= 15 is 0 Å². The van der Waals surface area contributed by atoms with Crippen LogP contribution >= 0.6 is 0 Å². The van der Waals surface area contributed by atoms with Gasteiger partial charge < -0.3 is 10.1 Å². The van der Waals surface area contributed by atoms with Gasteiger partial charge in [-0.05, 0) is 69.3 Å². The molecular formula is C17H27NO. The molecule has 2 rings (SSSR count). The van der Waals surface area contributed by atoms with Crippen molar-refractivity contribution in [2.45, 2.75) is 58.6 Å². The Balaban J connectivity index is 2.07. The van der Waals surface area contributed by atoms with Gasteiger partial charge in [-0.1, -0.05) is 19.4 Å². The van der Waals surface area contributed by atoms with Gasteiger partial charge >= 0.3 is 0 Å². The summed E-state index contributed by atoms with van der Waals surface area (Å²) < 4.78 is 6.26. The summed E-state index contributed by atoms with van der Waals surface area (Å²) in [4.78, 5) is 0. The molecule has 1 aliphatic rings. The van der Waals surface area contributed by atoms with Gasteiger partial charge in [0.1, 0.15) is 11.9 Å². The van der Waals surface area contributed by atoms with E-state index in [9.17, 15) is 0 Å². The molecule has 3 unspecified atom stereocenters. The van der Waals surface area contributed by atoms with E-state index in [1.165, 1.54) is 36.8 Å². The third-order valence-corrected chi connectivity index (χ3v) is 4.61. The van der Waals surface area contributed by atoms with Crippen LogP contribution in [0.3, 0.4) is 0 Å². The number of likely N-dealkylation sites (N-methyl/N-ethyl adjacent to an activating group) is 1. The molecule has 19 heavy (non-hydrogen) atoms.